The van der Waals surface area contributed by atoms with Crippen LogP contribution < -0.4 is 10.6 Å². The maximum absolute atomic E-state index is 13.3. The van der Waals surface area contributed by atoms with Gasteiger partial charge in [0.05, 0.1) is 17.2 Å². The molecule has 174 valence electrons. The van der Waals surface area contributed by atoms with Gasteiger partial charge in [-0.15, -0.1) is 0 Å². The molecule has 1 aliphatic heterocycles. The fourth-order valence-electron chi connectivity index (χ4n) is 4.73. The summed E-state index contributed by atoms with van der Waals surface area (Å²) in [5.41, 5.74) is 12.0. The van der Waals surface area contributed by atoms with Crippen molar-refractivity contribution in [1.82, 2.24) is 24.7 Å². The number of piperidine rings is 1. The van der Waals surface area contributed by atoms with Gasteiger partial charge >= 0.3 is 0 Å². The third kappa shape index (κ3) is 4.54. The summed E-state index contributed by atoms with van der Waals surface area (Å²) in [4.78, 5) is 29.0. The van der Waals surface area contributed by atoms with Crippen molar-refractivity contribution >= 4 is 22.5 Å². The van der Waals surface area contributed by atoms with Crippen molar-refractivity contribution in [1.29, 1.82) is 0 Å². The van der Waals surface area contributed by atoms with Crippen LogP contribution in [-0.4, -0.2) is 49.6 Å². The minimum absolute atomic E-state index is 0.0466. The molecule has 8 nitrogen and oxygen atoms in total. The first kappa shape index (κ1) is 22.2. The van der Waals surface area contributed by atoms with Gasteiger partial charge in [-0.25, -0.2) is 4.98 Å². The van der Waals surface area contributed by atoms with Crippen molar-refractivity contribution in [3.8, 4) is 11.1 Å². The van der Waals surface area contributed by atoms with Crippen LogP contribution in [0.4, 0.5) is 5.69 Å². The van der Waals surface area contributed by atoms with Gasteiger partial charge in [0.25, 0.3) is 0 Å². The number of anilines is 1. The largest absolute Gasteiger partial charge is 0.369 e. The first-order valence-corrected chi connectivity index (χ1v) is 11.8. The van der Waals surface area contributed by atoms with Crippen LogP contribution in [0.2, 0.25) is 0 Å². The number of fused-ring (bicyclic) bond motifs is 1. The molecule has 1 fully saturated rings. The lowest BCUT2D eigenvalue weighted by Crippen LogP contribution is -2.46. The molecule has 0 aromatic carbocycles. The Morgan fingerprint density at radius 3 is 2.79 bits per heavy atom. The summed E-state index contributed by atoms with van der Waals surface area (Å²) >= 11 is 0. The van der Waals surface area contributed by atoms with Crippen molar-refractivity contribution in [2.24, 2.45) is 11.7 Å². The van der Waals surface area contributed by atoms with Crippen LogP contribution in [0.1, 0.15) is 36.3 Å². The van der Waals surface area contributed by atoms with Gasteiger partial charge < -0.3 is 10.6 Å². The van der Waals surface area contributed by atoms with Crippen molar-refractivity contribution < 1.29 is 4.79 Å². The molecule has 4 aromatic heterocycles. The Kier molecular flexibility index (Phi) is 6.06. The monoisotopic (exact) mass is 455 g/mol. The molecular formula is C26H29N7O. The smallest absolute Gasteiger partial charge is 0.185 e. The lowest BCUT2D eigenvalue weighted by molar-refractivity contribution is 0.0988. The van der Waals surface area contributed by atoms with Crippen LogP contribution in [0.5, 0.6) is 0 Å². The van der Waals surface area contributed by atoms with Gasteiger partial charge in [-0.3, -0.25) is 19.4 Å². The van der Waals surface area contributed by atoms with Gasteiger partial charge in [-0.1, -0.05) is 6.92 Å². The Hall–Kier alpha value is -3.65. The summed E-state index contributed by atoms with van der Waals surface area (Å²) in [5.74, 6) is 0.462. The van der Waals surface area contributed by atoms with Crippen molar-refractivity contribution in [2.75, 3.05) is 18.0 Å². The standard InChI is InChI=1S/C26H29N7O/c1-3-33-15-20(13-30-33)18-9-24-22(29-12-18)4-5-23(31-24)26(34)10-19-11-28-7-6-25(19)32-14-17(2)8-21(27)16-32/h4-7,9,11-13,15,17,21H,3,8,10,14,16,27H2,1-2H3/t17-,21+/m1/s1. The molecule has 5 rings (SSSR count). The van der Waals surface area contributed by atoms with Crippen LogP contribution >= 0.6 is 0 Å². The predicted octanol–water partition coefficient (Wildman–Crippen LogP) is 3.51. The highest BCUT2D eigenvalue weighted by Crippen LogP contribution is 2.27. The number of hydrogen-bond acceptors (Lipinski definition) is 7. The first-order chi connectivity index (χ1) is 16.5. The van der Waals surface area contributed by atoms with Gasteiger partial charge in [-0.2, -0.15) is 5.10 Å². The van der Waals surface area contributed by atoms with E-state index < -0.39 is 0 Å². The Morgan fingerprint density at radius 2 is 2.00 bits per heavy atom. The molecule has 0 radical (unpaired) electrons. The van der Waals surface area contributed by atoms with Gasteiger partial charge in [0.2, 0.25) is 0 Å². The maximum Gasteiger partial charge on any atom is 0.185 e. The minimum atomic E-state index is -0.0466. The van der Waals surface area contributed by atoms with E-state index in [2.05, 4.69) is 31.9 Å². The fourth-order valence-corrected chi connectivity index (χ4v) is 4.73. The Balaban J connectivity index is 1.41. The molecule has 1 aliphatic rings. The van der Waals surface area contributed by atoms with Crippen LogP contribution in [-0.2, 0) is 13.0 Å². The second-order valence-electron chi connectivity index (χ2n) is 9.15. The van der Waals surface area contributed by atoms with Gasteiger partial charge in [0.15, 0.2) is 5.78 Å². The van der Waals surface area contributed by atoms with Crippen molar-refractivity contribution in [3.05, 3.63) is 66.5 Å². The highest BCUT2D eigenvalue weighted by atomic mass is 16.1. The van der Waals surface area contributed by atoms with Gasteiger partial charge in [-0.05, 0) is 43.5 Å². The number of Topliss-reactive ketones (excluding diaryl/α,β-unsaturated/α-hetero) is 1. The molecule has 0 bridgehead atoms. The lowest BCUT2D eigenvalue weighted by Gasteiger charge is -2.37. The summed E-state index contributed by atoms with van der Waals surface area (Å²) in [6, 6.07) is 7.68. The fraction of sp³-hybridized carbons (Fsp3) is 0.346. The zero-order valence-corrected chi connectivity index (χ0v) is 19.6. The van der Waals surface area contributed by atoms with Crippen LogP contribution in [0.3, 0.4) is 0 Å². The molecule has 8 heteroatoms. The molecule has 2 atom stereocenters. The number of carbonyl (C=O) groups excluding carboxylic acids is 1. The predicted molar refractivity (Wildman–Crippen MR) is 133 cm³/mol. The zero-order valence-electron chi connectivity index (χ0n) is 19.6. The van der Waals surface area contributed by atoms with E-state index >= 15 is 0 Å². The van der Waals surface area contributed by atoms with E-state index in [1.165, 1.54) is 0 Å². The van der Waals surface area contributed by atoms with Gasteiger partial charge in [0.1, 0.15) is 5.69 Å². The van der Waals surface area contributed by atoms with E-state index in [-0.39, 0.29) is 18.2 Å². The molecule has 0 amide bonds. The van der Waals surface area contributed by atoms with Crippen molar-refractivity contribution in [2.45, 2.75) is 39.3 Å². The van der Waals surface area contributed by atoms with E-state index in [0.29, 0.717) is 17.1 Å². The second-order valence-corrected chi connectivity index (χ2v) is 9.15. The zero-order chi connectivity index (χ0) is 23.7. The number of hydrogen-bond donors (Lipinski definition) is 1. The van der Waals surface area contributed by atoms with Crippen LogP contribution in [0.15, 0.2) is 55.2 Å². The molecule has 0 unspecified atom stereocenters. The molecular weight excluding hydrogens is 426 g/mol. The Labute approximate surface area is 198 Å². The minimum Gasteiger partial charge on any atom is -0.369 e. The molecule has 1 saturated heterocycles. The average Bonchev–Trinajstić information content (AvgIpc) is 3.32. The van der Waals surface area contributed by atoms with Crippen LogP contribution in [0.25, 0.3) is 22.2 Å². The van der Waals surface area contributed by atoms with Crippen molar-refractivity contribution in [3.63, 3.8) is 0 Å². The number of rotatable bonds is 6. The summed E-state index contributed by atoms with van der Waals surface area (Å²) in [7, 11) is 0. The molecule has 0 aliphatic carbocycles. The number of nitrogens with zero attached hydrogens (tertiary/aromatic N) is 6. The highest BCUT2D eigenvalue weighted by Gasteiger charge is 2.24. The lowest BCUT2D eigenvalue weighted by atomic mass is 9.95. The summed E-state index contributed by atoms with van der Waals surface area (Å²) in [5, 5.41) is 4.34. The maximum atomic E-state index is 13.3. The Morgan fingerprint density at radius 1 is 1.12 bits per heavy atom. The molecule has 2 N–H and O–H groups in total. The summed E-state index contributed by atoms with van der Waals surface area (Å²) in [6.07, 6.45) is 10.4. The SMILES string of the molecule is CCn1cc(-c2cnc3ccc(C(=O)Cc4cnccc4N4C[C@H](C)C[C@H](N)C4)nc3c2)cn1. The van der Waals surface area contributed by atoms with Crippen LogP contribution in [0, 0.1) is 5.92 Å². The number of pyridine rings is 3. The van der Waals surface area contributed by atoms with E-state index in [1.807, 2.05) is 48.4 Å². The normalized spacial score (nSPS) is 18.4. The number of aromatic nitrogens is 5. The first-order valence-electron chi connectivity index (χ1n) is 11.8. The van der Waals surface area contributed by atoms with E-state index in [4.69, 9.17) is 5.73 Å². The molecule has 34 heavy (non-hydrogen) atoms. The molecule has 4 aromatic rings. The van der Waals surface area contributed by atoms with E-state index in [0.717, 1.165) is 53.9 Å². The highest BCUT2D eigenvalue weighted by molar-refractivity contribution is 5.98. The van der Waals surface area contributed by atoms with E-state index in [1.54, 1.807) is 18.5 Å². The number of nitrogens with two attached hydrogens (primary N) is 1. The molecule has 5 heterocycles. The third-order valence-corrected chi connectivity index (χ3v) is 6.38. The topological polar surface area (TPSA) is 103 Å². The summed E-state index contributed by atoms with van der Waals surface area (Å²) < 4.78 is 1.87. The summed E-state index contributed by atoms with van der Waals surface area (Å²) in [6.45, 7) is 6.77. The quantitative estimate of drug-likeness (QED) is 0.444. The number of carbonyl (C=O) groups is 1. The van der Waals surface area contributed by atoms with Gasteiger partial charge in [0, 0.05) is 79.3 Å². The number of aryl methyl sites for hydroxylation is 1. The third-order valence-electron chi connectivity index (χ3n) is 6.38. The molecule has 0 spiro atoms. The number of ketones is 1. The molecule has 0 saturated carbocycles. The second kappa shape index (κ2) is 9.30. The Bertz CT molecular complexity index is 1320. The average molecular weight is 456 g/mol. The van der Waals surface area contributed by atoms with E-state index in [9.17, 15) is 4.79 Å².